The molecule has 1 aromatic carbocycles. The topological polar surface area (TPSA) is 34.0 Å². The van der Waals surface area contributed by atoms with Gasteiger partial charge in [0.2, 0.25) is 0 Å². The smallest absolute Gasteiger partial charge is 0.0898 e. The molecular weight excluding hydrogens is 284 g/mol. The maximum absolute atomic E-state index is 4.42. The van der Waals surface area contributed by atoms with Gasteiger partial charge in [-0.3, -0.25) is 9.58 Å². The van der Waals surface area contributed by atoms with Crippen molar-refractivity contribution in [3.63, 3.8) is 0 Å². The lowest BCUT2D eigenvalue weighted by atomic mass is 9.90. The van der Waals surface area contributed by atoms with Gasteiger partial charge in [0.15, 0.2) is 0 Å². The minimum atomic E-state index is 0.303. The van der Waals surface area contributed by atoms with Crippen LogP contribution < -0.4 is 0 Å². The monoisotopic (exact) mass is 310 g/mol. The van der Waals surface area contributed by atoms with Crippen molar-refractivity contribution in [2.24, 2.45) is 0 Å². The fourth-order valence-corrected chi connectivity index (χ4v) is 4.49. The van der Waals surface area contributed by atoms with Gasteiger partial charge in [-0.05, 0) is 50.8 Å². The van der Waals surface area contributed by atoms with Gasteiger partial charge in [-0.15, -0.1) is 5.10 Å². The quantitative estimate of drug-likeness (QED) is 0.848. The summed E-state index contributed by atoms with van der Waals surface area (Å²) < 4.78 is 2.05. The first-order chi connectivity index (χ1) is 11.3. The van der Waals surface area contributed by atoms with E-state index in [1.54, 1.807) is 0 Å². The second kappa shape index (κ2) is 6.08. The van der Waals surface area contributed by atoms with Gasteiger partial charge in [0.05, 0.1) is 5.69 Å². The first kappa shape index (κ1) is 14.9. The molecule has 4 rings (SSSR count). The van der Waals surface area contributed by atoms with Gasteiger partial charge in [0.25, 0.3) is 0 Å². The molecule has 0 saturated carbocycles. The van der Waals surface area contributed by atoms with Crippen LogP contribution in [0.4, 0.5) is 0 Å². The Morgan fingerprint density at radius 3 is 2.61 bits per heavy atom. The molecule has 2 aliphatic rings. The summed E-state index contributed by atoms with van der Waals surface area (Å²) in [4.78, 5) is 2.72. The van der Waals surface area contributed by atoms with E-state index in [9.17, 15) is 0 Å². The van der Waals surface area contributed by atoms with Crippen LogP contribution in [0.5, 0.6) is 0 Å². The van der Waals surface area contributed by atoms with E-state index < -0.39 is 0 Å². The summed E-state index contributed by atoms with van der Waals surface area (Å²) in [5.41, 5.74) is 2.84. The van der Waals surface area contributed by atoms with Gasteiger partial charge >= 0.3 is 0 Å². The summed E-state index contributed by atoms with van der Waals surface area (Å²) in [6, 6.07) is 10.6. The highest BCUT2D eigenvalue weighted by molar-refractivity contribution is 5.25. The predicted molar refractivity (Wildman–Crippen MR) is 91.4 cm³/mol. The third kappa shape index (κ3) is 2.80. The lowest BCUT2D eigenvalue weighted by molar-refractivity contribution is 0.172. The van der Waals surface area contributed by atoms with Crippen LogP contribution >= 0.6 is 0 Å². The van der Waals surface area contributed by atoms with Gasteiger partial charge in [-0.1, -0.05) is 42.5 Å². The number of aryl methyl sites for hydroxylation is 1. The molecule has 3 heterocycles. The Bertz CT molecular complexity index is 638. The average Bonchev–Trinajstić information content (AvgIpc) is 3.28. The maximum atomic E-state index is 4.42. The summed E-state index contributed by atoms with van der Waals surface area (Å²) in [6.45, 7) is 5.80. The van der Waals surface area contributed by atoms with E-state index in [0.717, 1.165) is 12.2 Å². The van der Waals surface area contributed by atoms with E-state index in [4.69, 9.17) is 0 Å². The number of fused-ring (bicyclic) bond motifs is 1. The molecule has 4 heteroatoms. The van der Waals surface area contributed by atoms with E-state index in [1.165, 1.54) is 50.8 Å². The third-order valence-electron chi connectivity index (χ3n) is 5.92. The largest absolute Gasteiger partial charge is 0.298 e. The fraction of sp³-hybridized carbons (Fsp3) is 0.579. The van der Waals surface area contributed by atoms with E-state index in [0.29, 0.717) is 11.5 Å². The van der Waals surface area contributed by atoms with Crippen molar-refractivity contribution in [1.82, 2.24) is 19.9 Å². The zero-order valence-electron chi connectivity index (χ0n) is 14.0. The predicted octanol–water partition coefficient (Wildman–Crippen LogP) is 3.45. The number of aromatic nitrogens is 3. The van der Waals surface area contributed by atoms with Crippen LogP contribution in [0.3, 0.4) is 0 Å². The average molecular weight is 310 g/mol. The molecule has 1 aromatic heterocycles. The molecule has 122 valence electrons. The maximum Gasteiger partial charge on any atom is 0.0898 e. The molecule has 23 heavy (non-hydrogen) atoms. The van der Waals surface area contributed by atoms with E-state index >= 15 is 0 Å². The minimum Gasteiger partial charge on any atom is -0.298 e. The zero-order valence-corrected chi connectivity index (χ0v) is 14.0. The van der Waals surface area contributed by atoms with Gasteiger partial charge in [0, 0.05) is 24.2 Å². The van der Waals surface area contributed by atoms with Crippen LogP contribution in [-0.4, -0.2) is 38.5 Å². The minimum absolute atomic E-state index is 0.303. The van der Waals surface area contributed by atoms with Crippen LogP contribution in [0.2, 0.25) is 0 Å². The molecule has 0 bridgehead atoms. The van der Waals surface area contributed by atoms with Crippen molar-refractivity contribution in [2.45, 2.75) is 57.0 Å². The Morgan fingerprint density at radius 2 is 1.87 bits per heavy atom. The van der Waals surface area contributed by atoms with Crippen molar-refractivity contribution >= 4 is 0 Å². The highest BCUT2D eigenvalue weighted by atomic mass is 15.4. The molecule has 0 unspecified atom stereocenters. The van der Waals surface area contributed by atoms with E-state index in [2.05, 4.69) is 63.3 Å². The molecule has 2 fully saturated rings. The fourth-order valence-electron chi connectivity index (χ4n) is 4.49. The van der Waals surface area contributed by atoms with Gasteiger partial charge in [0.1, 0.15) is 0 Å². The molecule has 2 aliphatic heterocycles. The third-order valence-corrected chi connectivity index (χ3v) is 5.92. The van der Waals surface area contributed by atoms with Crippen molar-refractivity contribution in [1.29, 1.82) is 0 Å². The SMILES string of the molecule is C[C@H](c1ccccc1)c1cn(CCC23CCCN2CCC3)nn1. The Balaban J connectivity index is 1.42. The van der Waals surface area contributed by atoms with Crippen LogP contribution in [0.1, 0.15) is 56.2 Å². The number of benzene rings is 1. The van der Waals surface area contributed by atoms with Crippen LogP contribution in [0.25, 0.3) is 0 Å². The molecular formula is C19H26N4. The first-order valence-corrected chi connectivity index (χ1v) is 8.97. The number of hydrogen-bond donors (Lipinski definition) is 0. The van der Waals surface area contributed by atoms with Crippen molar-refractivity contribution in [3.8, 4) is 0 Å². The Hall–Kier alpha value is -1.68. The lowest BCUT2D eigenvalue weighted by Crippen LogP contribution is -2.39. The normalized spacial score (nSPS) is 21.4. The summed E-state index contributed by atoms with van der Waals surface area (Å²) >= 11 is 0. The Morgan fingerprint density at radius 1 is 1.13 bits per heavy atom. The van der Waals surface area contributed by atoms with Gasteiger partial charge < -0.3 is 0 Å². The molecule has 4 nitrogen and oxygen atoms in total. The Kier molecular flexibility index (Phi) is 3.93. The summed E-state index contributed by atoms with van der Waals surface area (Å²) in [7, 11) is 0. The molecule has 0 N–H and O–H groups in total. The molecule has 0 radical (unpaired) electrons. The second-order valence-corrected chi connectivity index (χ2v) is 7.21. The standard InChI is InChI=1S/C19H26N4/c1-16(17-7-3-2-4-8-17)18-15-23(21-20-18)14-11-19-9-5-12-22(19)13-6-10-19/h2-4,7-8,15-16H,5-6,9-14H2,1H3/t16-/m1/s1. The lowest BCUT2D eigenvalue weighted by Gasteiger charge is -2.31. The first-order valence-electron chi connectivity index (χ1n) is 8.97. The molecule has 0 amide bonds. The second-order valence-electron chi connectivity index (χ2n) is 7.21. The van der Waals surface area contributed by atoms with Crippen LogP contribution in [-0.2, 0) is 6.54 Å². The van der Waals surface area contributed by atoms with Crippen molar-refractivity contribution in [3.05, 3.63) is 47.8 Å². The van der Waals surface area contributed by atoms with Crippen molar-refractivity contribution < 1.29 is 0 Å². The van der Waals surface area contributed by atoms with Crippen LogP contribution in [0.15, 0.2) is 36.5 Å². The number of rotatable bonds is 5. The molecule has 2 saturated heterocycles. The zero-order chi connectivity index (χ0) is 15.7. The van der Waals surface area contributed by atoms with Crippen molar-refractivity contribution in [2.75, 3.05) is 13.1 Å². The molecule has 2 aromatic rings. The highest BCUT2D eigenvalue weighted by Gasteiger charge is 2.43. The highest BCUT2D eigenvalue weighted by Crippen LogP contribution is 2.41. The van der Waals surface area contributed by atoms with Gasteiger partial charge in [-0.25, -0.2) is 0 Å². The summed E-state index contributed by atoms with van der Waals surface area (Å²) in [6.07, 6.45) is 8.84. The van der Waals surface area contributed by atoms with Gasteiger partial charge in [-0.2, -0.15) is 0 Å². The summed E-state index contributed by atoms with van der Waals surface area (Å²) in [5.74, 6) is 0.303. The molecule has 0 spiro atoms. The molecule has 0 aliphatic carbocycles. The van der Waals surface area contributed by atoms with E-state index in [-0.39, 0.29) is 0 Å². The number of hydrogen-bond acceptors (Lipinski definition) is 3. The summed E-state index contributed by atoms with van der Waals surface area (Å²) in [5, 5.41) is 8.80. The Labute approximate surface area is 138 Å². The number of nitrogens with zero attached hydrogens (tertiary/aromatic N) is 4. The molecule has 1 atom stereocenters. The van der Waals surface area contributed by atoms with E-state index in [1.807, 2.05) is 0 Å². The van der Waals surface area contributed by atoms with Crippen LogP contribution in [0, 0.1) is 0 Å².